The summed E-state index contributed by atoms with van der Waals surface area (Å²) in [7, 11) is 0. The Morgan fingerprint density at radius 1 is 0.628 bits per heavy atom. The van der Waals surface area contributed by atoms with E-state index in [-0.39, 0.29) is 24.7 Å². The Labute approximate surface area is 251 Å². The van der Waals surface area contributed by atoms with Gasteiger partial charge in [0, 0.05) is 66.0 Å². The summed E-state index contributed by atoms with van der Waals surface area (Å²) in [4.78, 5) is 63.3. The number of carbonyl (C=O) groups excluding carboxylic acids is 2. The van der Waals surface area contributed by atoms with Crippen molar-refractivity contribution in [2.24, 2.45) is 9.98 Å². The molecule has 0 saturated carbocycles. The molecule has 0 fully saturated rings. The van der Waals surface area contributed by atoms with E-state index in [1.165, 1.54) is 0 Å². The summed E-state index contributed by atoms with van der Waals surface area (Å²) in [5, 5.41) is 18.9. The SMILES string of the molecule is CCC1=C(C)C(Cc2[nH]c(Cc3[nH]c(CC4=NC(=O)C(C)=C4CC)c(C)c3CCC(=O)O)c(CCC(=O)O)c2C)=NC1=O. The van der Waals surface area contributed by atoms with Gasteiger partial charge in [0.1, 0.15) is 0 Å². The number of aromatic nitrogens is 2. The van der Waals surface area contributed by atoms with Crippen LogP contribution in [-0.2, 0) is 51.3 Å². The zero-order chi connectivity index (χ0) is 31.6. The van der Waals surface area contributed by atoms with Crippen LogP contribution in [0.5, 0.6) is 0 Å². The molecular formula is C33H40N4O6. The van der Waals surface area contributed by atoms with Crippen LogP contribution in [0.15, 0.2) is 32.3 Å². The molecule has 0 atom stereocenters. The normalized spacial score (nSPS) is 15.2. The third-order valence-corrected chi connectivity index (χ3v) is 8.81. The lowest BCUT2D eigenvalue weighted by molar-refractivity contribution is -0.138. The number of carboxylic acid groups (broad SMARTS) is 2. The number of allylic oxidation sites excluding steroid dienone is 2. The second-order valence-corrected chi connectivity index (χ2v) is 11.3. The van der Waals surface area contributed by atoms with Gasteiger partial charge in [0.15, 0.2) is 0 Å². The Balaban J connectivity index is 1.73. The van der Waals surface area contributed by atoms with E-state index in [0.29, 0.717) is 61.8 Å². The van der Waals surface area contributed by atoms with Gasteiger partial charge in [-0.1, -0.05) is 13.8 Å². The van der Waals surface area contributed by atoms with Crippen molar-refractivity contribution in [2.75, 3.05) is 0 Å². The molecule has 10 nitrogen and oxygen atoms in total. The van der Waals surface area contributed by atoms with Crippen molar-refractivity contribution in [3.8, 4) is 0 Å². The van der Waals surface area contributed by atoms with Crippen molar-refractivity contribution in [3.05, 3.63) is 67.3 Å². The number of rotatable bonds is 14. The second-order valence-electron chi connectivity index (χ2n) is 11.3. The van der Waals surface area contributed by atoms with E-state index in [9.17, 15) is 29.4 Å². The quantitative estimate of drug-likeness (QED) is 0.240. The number of carbonyl (C=O) groups is 4. The highest BCUT2D eigenvalue weighted by molar-refractivity contribution is 6.20. The van der Waals surface area contributed by atoms with Gasteiger partial charge in [0.2, 0.25) is 0 Å². The number of aromatic amines is 2. The summed E-state index contributed by atoms with van der Waals surface area (Å²) in [6, 6.07) is 0. The number of carboxylic acids is 2. The summed E-state index contributed by atoms with van der Waals surface area (Å²) >= 11 is 0. The van der Waals surface area contributed by atoms with Crippen LogP contribution in [0, 0.1) is 13.8 Å². The smallest absolute Gasteiger partial charge is 0.303 e. The molecule has 0 spiro atoms. The number of amides is 2. The molecule has 2 aliphatic rings. The average molecular weight is 589 g/mol. The van der Waals surface area contributed by atoms with Gasteiger partial charge in [0.05, 0.1) is 11.4 Å². The fourth-order valence-corrected chi connectivity index (χ4v) is 6.26. The van der Waals surface area contributed by atoms with Crippen molar-refractivity contribution < 1.29 is 29.4 Å². The number of aliphatic imine (C=N–C) groups is 2. The van der Waals surface area contributed by atoms with Gasteiger partial charge in [-0.2, -0.15) is 0 Å². The second kappa shape index (κ2) is 12.9. The first-order valence-electron chi connectivity index (χ1n) is 14.8. The number of hydrogen-bond acceptors (Lipinski definition) is 4. The van der Waals surface area contributed by atoms with E-state index in [0.717, 1.165) is 61.9 Å². The van der Waals surface area contributed by atoms with Crippen molar-refractivity contribution in [1.29, 1.82) is 0 Å². The topological polar surface area (TPSA) is 165 Å². The molecule has 0 saturated heterocycles. The molecular weight excluding hydrogens is 548 g/mol. The predicted octanol–water partition coefficient (Wildman–Crippen LogP) is 5.09. The first-order valence-corrected chi connectivity index (χ1v) is 14.8. The van der Waals surface area contributed by atoms with E-state index < -0.39 is 11.9 Å². The molecule has 0 aliphatic carbocycles. The van der Waals surface area contributed by atoms with E-state index >= 15 is 0 Å². The summed E-state index contributed by atoms with van der Waals surface area (Å²) < 4.78 is 0. The molecule has 2 amide bonds. The van der Waals surface area contributed by atoms with Gasteiger partial charge in [-0.05, 0) is 86.8 Å². The molecule has 4 heterocycles. The Morgan fingerprint density at radius 3 is 1.53 bits per heavy atom. The number of nitrogens with one attached hydrogen (secondary N) is 2. The molecule has 0 unspecified atom stereocenters. The zero-order valence-electron chi connectivity index (χ0n) is 25.8. The average Bonchev–Trinajstić information content (AvgIpc) is 3.59. The standard InChI is InChI=1S/C33H40N4O6/c1-7-20-19(6)32(42)37-27(20)14-25-18(5)23(10-12-31(40)41)29(35-25)15-28-22(9-11-30(38)39)17(4)24(34-28)13-26-16(3)21(8-2)33(43)36-26/h34-35H,7-15H2,1-6H3,(H,38,39)(H,40,41). The molecule has 228 valence electrons. The third kappa shape index (κ3) is 6.53. The molecule has 2 aromatic rings. The number of aliphatic carboxylic acids is 2. The monoisotopic (exact) mass is 588 g/mol. The van der Waals surface area contributed by atoms with E-state index in [2.05, 4.69) is 20.0 Å². The van der Waals surface area contributed by atoms with Gasteiger partial charge < -0.3 is 20.2 Å². The maximum absolute atomic E-state index is 12.4. The lowest BCUT2D eigenvalue weighted by Crippen LogP contribution is -2.06. The minimum atomic E-state index is -0.896. The van der Waals surface area contributed by atoms with E-state index in [1.54, 1.807) is 6.92 Å². The minimum absolute atomic E-state index is 0.0378. The molecule has 43 heavy (non-hydrogen) atoms. The van der Waals surface area contributed by atoms with Gasteiger partial charge >= 0.3 is 11.9 Å². The van der Waals surface area contributed by atoms with Gasteiger partial charge in [-0.15, -0.1) is 0 Å². The molecule has 4 N–H and O–H groups in total. The number of hydrogen-bond donors (Lipinski definition) is 4. The molecule has 10 heteroatoms. The molecule has 4 rings (SSSR count). The predicted molar refractivity (Wildman–Crippen MR) is 164 cm³/mol. The third-order valence-electron chi connectivity index (χ3n) is 8.81. The molecule has 0 aromatic carbocycles. The highest BCUT2D eigenvalue weighted by Crippen LogP contribution is 2.30. The van der Waals surface area contributed by atoms with Crippen molar-refractivity contribution >= 4 is 35.2 Å². The van der Waals surface area contributed by atoms with Crippen LogP contribution in [-0.4, -0.2) is 55.4 Å². The molecule has 2 aromatic heterocycles. The number of nitrogens with zero attached hydrogens (tertiary/aromatic N) is 2. The fourth-order valence-electron chi connectivity index (χ4n) is 6.26. The van der Waals surface area contributed by atoms with Crippen LogP contribution in [0.4, 0.5) is 0 Å². The fraction of sp³-hybridized carbons (Fsp3) is 0.455. The van der Waals surface area contributed by atoms with Crippen molar-refractivity contribution in [2.45, 2.75) is 99.3 Å². The summed E-state index contributed by atoms with van der Waals surface area (Å²) in [5.74, 6) is -2.21. The first-order chi connectivity index (χ1) is 20.4. The van der Waals surface area contributed by atoms with E-state index in [4.69, 9.17) is 0 Å². The highest BCUT2D eigenvalue weighted by atomic mass is 16.4. The lowest BCUT2D eigenvalue weighted by Gasteiger charge is -2.07. The van der Waals surface area contributed by atoms with Crippen LogP contribution in [0.2, 0.25) is 0 Å². The summed E-state index contributed by atoms with van der Waals surface area (Å²) in [5.41, 5.74) is 11.8. The Hall–Kier alpha value is -4.34. The number of H-pyrrole nitrogens is 2. The summed E-state index contributed by atoms with van der Waals surface area (Å²) in [6.45, 7) is 11.5. The van der Waals surface area contributed by atoms with Crippen LogP contribution in [0.3, 0.4) is 0 Å². The van der Waals surface area contributed by atoms with Crippen LogP contribution >= 0.6 is 0 Å². The zero-order valence-corrected chi connectivity index (χ0v) is 25.8. The van der Waals surface area contributed by atoms with Crippen molar-refractivity contribution in [3.63, 3.8) is 0 Å². The van der Waals surface area contributed by atoms with Crippen molar-refractivity contribution in [1.82, 2.24) is 9.97 Å². The largest absolute Gasteiger partial charge is 0.481 e. The molecule has 2 aliphatic heterocycles. The van der Waals surface area contributed by atoms with Crippen LogP contribution in [0.1, 0.15) is 98.4 Å². The summed E-state index contributed by atoms with van der Waals surface area (Å²) in [6.07, 6.45) is 3.14. The Bertz CT molecular complexity index is 1640. The van der Waals surface area contributed by atoms with Gasteiger partial charge in [-0.25, -0.2) is 9.98 Å². The Morgan fingerprint density at radius 2 is 1.09 bits per heavy atom. The van der Waals surface area contributed by atoms with Gasteiger partial charge in [0.25, 0.3) is 11.8 Å². The first kappa shape index (κ1) is 31.6. The Kier molecular flexibility index (Phi) is 9.47. The maximum atomic E-state index is 12.4. The molecule has 0 bridgehead atoms. The van der Waals surface area contributed by atoms with E-state index in [1.807, 2.05) is 34.6 Å². The lowest BCUT2D eigenvalue weighted by atomic mass is 9.96. The highest BCUT2D eigenvalue weighted by Gasteiger charge is 2.27. The van der Waals surface area contributed by atoms with Crippen LogP contribution < -0.4 is 0 Å². The minimum Gasteiger partial charge on any atom is -0.481 e. The maximum Gasteiger partial charge on any atom is 0.303 e. The van der Waals surface area contributed by atoms with Crippen LogP contribution in [0.25, 0.3) is 0 Å². The molecule has 0 radical (unpaired) electrons. The van der Waals surface area contributed by atoms with Gasteiger partial charge in [-0.3, -0.25) is 19.2 Å².